The fourth-order valence-corrected chi connectivity index (χ4v) is 6.91. The number of phenols is 5. The molecule has 7 nitrogen and oxygen atoms in total. The Bertz CT molecular complexity index is 2370. The minimum absolute atomic E-state index is 0.0858. The molecule has 7 heteroatoms. The van der Waals surface area contributed by atoms with Crippen molar-refractivity contribution in [2.75, 3.05) is 4.90 Å². The van der Waals surface area contributed by atoms with Gasteiger partial charge in [0, 0.05) is 23.0 Å². The van der Waals surface area contributed by atoms with Crippen molar-refractivity contribution in [3.05, 3.63) is 181 Å². The fraction of sp³-hybridized carbons (Fsp3) is 0.0426. The quantitative estimate of drug-likeness (QED) is 0.0788. The van der Waals surface area contributed by atoms with Gasteiger partial charge in [-0.2, -0.15) is 0 Å². The Kier molecular flexibility index (Phi) is 9.04. The molecule has 0 radical (unpaired) electrons. The van der Waals surface area contributed by atoms with Crippen LogP contribution in [-0.2, 0) is 0 Å². The highest BCUT2D eigenvalue weighted by Crippen LogP contribution is 2.54. The summed E-state index contributed by atoms with van der Waals surface area (Å²) >= 11 is 0. The van der Waals surface area contributed by atoms with Crippen LogP contribution < -0.4 is 4.90 Å². The van der Waals surface area contributed by atoms with E-state index in [4.69, 9.17) is 4.98 Å². The lowest BCUT2D eigenvalue weighted by molar-refractivity contribution is 0.330. The zero-order valence-electron chi connectivity index (χ0n) is 29.1. The van der Waals surface area contributed by atoms with Crippen molar-refractivity contribution in [1.82, 2.24) is 4.98 Å². The number of nitrogens with zero attached hydrogens (tertiary/aromatic N) is 2. The van der Waals surface area contributed by atoms with Crippen LogP contribution in [0.5, 0.6) is 28.7 Å². The average Bonchev–Trinajstić information content (AvgIpc) is 3.24. The first kappa shape index (κ1) is 33.9. The van der Waals surface area contributed by atoms with Gasteiger partial charge < -0.3 is 30.4 Å². The number of aromatic hydroxyl groups is 5. The van der Waals surface area contributed by atoms with E-state index in [9.17, 15) is 25.5 Å². The number of benzene rings is 6. The van der Waals surface area contributed by atoms with Gasteiger partial charge in [0.25, 0.3) is 0 Å². The van der Waals surface area contributed by atoms with Crippen molar-refractivity contribution in [2.45, 2.75) is 12.3 Å². The summed E-state index contributed by atoms with van der Waals surface area (Å²) in [6.45, 7) is 0. The smallest absolute Gasteiger partial charge is 0.208 e. The second-order valence-corrected chi connectivity index (χ2v) is 13.2. The molecular weight excluding hydrogens is 673 g/mol. The number of hydrogen-bond acceptors (Lipinski definition) is 7. The van der Waals surface area contributed by atoms with Crippen LogP contribution in [0.15, 0.2) is 170 Å². The van der Waals surface area contributed by atoms with Crippen molar-refractivity contribution in [3.8, 4) is 62.1 Å². The molecule has 0 saturated heterocycles. The van der Waals surface area contributed by atoms with Gasteiger partial charge in [0.15, 0.2) is 11.5 Å². The monoisotopic (exact) mass is 708 g/mol. The lowest BCUT2D eigenvalue weighted by Gasteiger charge is -2.26. The molecule has 0 saturated carbocycles. The zero-order valence-corrected chi connectivity index (χ0v) is 29.1. The maximum Gasteiger partial charge on any atom is 0.208 e. The molecule has 1 atom stereocenters. The molecule has 0 fully saturated rings. The third-order valence-electron chi connectivity index (χ3n) is 9.85. The van der Waals surface area contributed by atoms with Crippen LogP contribution in [0.1, 0.15) is 23.6 Å². The Morgan fingerprint density at radius 2 is 0.889 bits per heavy atom. The maximum absolute atomic E-state index is 10.3. The van der Waals surface area contributed by atoms with Gasteiger partial charge in [-0.3, -0.25) is 4.98 Å². The summed E-state index contributed by atoms with van der Waals surface area (Å²) in [5.74, 6) is -4.16. The van der Waals surface area contributed by atoms with E-state index in [0.717, 1.165) is 51.4 Å². The molecule has 0 amide bonds. The summed E-state index contributed by atoms with van der Waals surface area (Å²) in [4.78, 5) is 7.18. The lowest BCUT2D eigenvalue weighted by Crippen LogP contribution is -2.11. The number of allylic oxidation sites excluding steroid dienone is 4. The summed E-state index contributed by atoms with van der Waals surface area (Å²) in [6.07, 6.45) is 9.02. The number of rotatable bonds is 8. The molecule has 1 heterocycles. The topological polar surface area (TPSA) is 117 Å². The van der Waals surface area contributed by atoms with E-state index < -0.39 is 28.7 Å². The molecule has 0 spiro atoms. The van der Waals surface area contributed by atoms with Crippen molar-refractivity contribution in [1.29, 1.82) is 0 Å². The Hall–Kier alpha value is -7.25. The van der Waals surface area contributed by atoms with Crippen molar-refractivity contribution in [2.24, 2.45) is 0 Å². The predicted molar refractivity (Wildman–Crippen MR) is 214 cm³/mol. The van der Waals surface area contributed by atoms with E-state index in [2.05, 4.69) is 108 Å². The number of phenolic OH excluding ortho intramolecular Hbond substituents is 5. The van der Waals surface area contributed by atoms with Crippen molar-refractivity contribution < 1.29 is 25.5 Å². The van der Waals surface area contributed by atoms with E-state index in [0.29, 0.717) is 5.56 Å². The molecule has 7 aromatic rings. The minimum atomic E-state index is -0.985. The second-order valence-electron chi connectivity index (χ2n) is 13.2. The van der Waals surface area contributed by atoms with Gasteiger partial charge >= 0.3 is 0 Å². The van der Waals surface area contributed by atoms with Gasteiger partial charge in [-0.15, -0.1) is 0 Å². The molecule has 1 aliphatic carbocycles. The van der Waals surface area contributed by atoms with Gasteiger partial charge in [0.05, 0.1) is 17.4 Å². The average molecular weight is 709 g/mol. The van der Waals surface area contributed by atoms with Crippen LogP contribution >= 0.6 is 0 Å². The van der Waals surface area contributed by atoms with E-state index >= 15 is 0 Å². The molecule has 0 aliphatic heterocycles. The Labute approximate surface area is 313 Å². The van der Waals surface area contributed by atoms with E-state index in [1.165, 1.54) is 11.1 Å². The first-order chi connectivity index (χ1) is 26.4. The van der Waals surface area contributed by atoms with Crippen LogP contribution in [0.4, 0.5) is 17.1 Å². The molecule has 0 bridgehead atoms. The fourth-order valence-electron chi connectivity index (χ4n) is 6.91. The highest BCUT2D eigenvalue weighted by molar-refractivity contribution is 5.86. The van der Waals surface area contributed by atoms with Gasteiger partial charge in [0.1, 0.15) is 0 Å². The normalized spacial score (nSPS) is 13.7. The van der Waals surface area contributed by atoms with Gasteiger partial charge in [-0.25, -0.2) is 0 Å². The van der Waals surface area contributed by atoms with Gasteiger partial charge in [0.2, 0.25) is 17.2 Å². The third-order valence-corrected chi connectivity index (χ3v) is 9.85. The van der Waals surface area contributed by atoms with Crippen LogP contribution in [0.3, 0.4) is 0 Å². The van der Waals surface area contributed by atoms with Crippen LogP contribution in [-0.4, -0.2) is 30.5 Å². The first-order valence-electron chi connectivity index (χ1n) is 17.6. The number of hydrogen-bond donors (Lipinski definition) is 5. The molecule has 8 rings (SSSR count). The lowest BCUT2D eigenvalue weighted by atomic mass is 9.90. The number of pyridine rings is 1. The summed E-state index contributed by atoms with van der Waals surface area (Å²) in [6, 6.07) is 49.1. The summed E-state index contributed by atoms with van der Waals surface area (Å²) in [5, 5.41) is 50.4. The zero-order chi connectivity index (χ0) is 37.2. The van der Waals surface area contributed by atoms with Gasteiger partial charge in [-0.05, 0) is 81.8 Å². The highest BCUT2D eigenvalue weighted by atomic mass is 16.4. The first-order valence-corrected chi connectivity index (χ1v) is 17.6. The molecule has 1 aromatic heterocycles. The van der Waals surface area contributed by atoms with E-state index in [1.54, 1.807) is 12.1 Å². The molecule has 5 N–H and O–H groups in total. The number of anilines is 3. The number of aromatic nitrogens is 1. The molecule has 1 aliphatic rings. The molecule has 6 aromatic carbocycles. The molecule has 1 unspecified atom stereocenters. The molecular formula is C47H36N2O5. The Balaban J connectivity index is 1.03. The summed E-state index contributed by atoms with van der Waals surface area (Å²) < 4.78 is 0. The Morgan fingerprint density at radius 1 is 0.444 bits per heavy atom. The van der Waals surface area contributed by atoms with Crippen molar-refractivity contribution >= 4 is 22.6 Å². The summed E-state index contributed by atoms with van der Waals surface area (Å²) in [5.41, 5.74) is 10.7. The highest BCUT2D eigenvalue weighted by Gasteiger charge is 2.24. The van der Waals surface area contributed by atoms with Crippen LogP contribution in [0.25, 0.3) is 39.0 Å². The summed E-state index contributed by atoms with van der Waals surface area (Å²) in [7, 11) is 0. The van der Waals surface area contributed by atoms with Crippen LogP contribution in [0, 0.1) is 0 Å². The van der Waals surface area contributed by atoms with Crippen molar-refractivity contribution in [3.63, 3.8) is 0 Å². The molecule has 54 heavy (non-hydrogen) atoms. The largest absolute Gasteiger partial charge is 0.504 e. The Morgan fingerprint density at radius 3 is 1.35 bits per heavy atom. The predicted octanol–water partition coefficient (Wildman–Crippen LogP) is 11.2. The van der Waals surface area contributed by atoms with E-state index in [-0.39, 0.29) is 11.5 Å². The van der Waals surface area contributed by atoms with Crippen LogP contribution in [0.2, 0.25) is 0 Å². The second kappa shape index (κ2) is 14.4. The third kappa shape index (κ3) is 6.50. The van der Waals surface area contributed by atoms with Gasteiger partial charge in [-0.1, -0.05) is 127 Å². The standard InChI is InChI=1S/C47H36N2O5/c50-43-42(44(51)46(53)47(54)45(43)52)37-17-13-33(14-18-37)32-11-15-36(16-12-32)41-28-27-40(29-48-41)49(38-23-19-34(20-24-38)30-7-3-1-4-8-30)39-25-21-35(22-26-39)31-9-5-2-6-10-31/h1-15,17-29,36,50-54H,16H2. The van der Waals surface area contributed by atoms with E-state index in [1.807, 2.05) is 54.7 Å². The maximum atomic E-state index is 10.3. The molecule has 264 valence electrons. The SMILES string of the molecule is Oc1c(O)c(O)c(-c2ccc(C3=CCC(c4ccc(N(c5ccc(-c6ccccc6)cc5)c5ccc(-c6ccccc6)cc5)cn4)C=C3)cc2)c(O)c1O. The minimum Gasteiger partial charge on any atom is -0.504 e.